The van der Waals surface area contributed by atoms with E-state index in [2.05, 4.69) is 18.6 Å². The number of nitrogens with one attached hydrogen (secondary N) is 1. The summed E-state index contributed by atoms with van der Waals surface area (Å²) in [4.78, 5) is 27.1. The molecule has 0 aliphatic carbocycles. The normalized spacial score (nSPS) is 26.4. The van der Waals surface area contributed by atoms with E-state index in [0.29, 0.717) is 5.75 Å². The largest absolute Gasteiger partial charge is 0.462 e. The zero-order valence-corrected chi connectivity index (χ0v) is 23.0. The Balaban J connectivity index is 1.79. The van der Waals surface area contributed by atoms with Gasteiger partial charge in [-0.25, -0.2) is 9.88 Å². The monoisotopic (exact) mass is 560 g/mol. The Morgan fingerprint density at radius 1 is 1.36 bits per heavy atom. The second-order valence-corrected chi connectivity index (χ2v) is 13.1. The number of rotatable bonds is 10. The average Bonchev–Trinajstić information content (AvgIpc) is 3.01. The minimum atomic E-state index is -3.15. The fourth-order valence-electron chi connectivity index (χ4n) is 3.50. The van der Waals surface area contributed by atoms with E-state index < -0.39 is 48.2 Å². The highest BCUT2D eigenvalue weighted by Crippen LogP contribution is 2.52. The fraction of sp³-hybridized carbons (Fsp3) is 0.500. The lowest BCUT2D eigenvalue weighted by Crippen LogP contribution is -2.42. The molecule has 6 atom stereocenters. The number of halogens is 1. The number of esters is 1. The van der Waals surface area contributed by atoms with Gasteiger partial charge in [-0.2, -0.15) is 4.98 Å². The number of ether oxygens (including phenoxy) is 2. The first-order chi connectivity index (χ1) is 16.8. The van der Waals surface area contributed by atoms with Gasteiger partial charge in [-0.05, 0) is 54.4 Å². The van der Waals surface area contributed by atoms with Crippen LogP contribution >= 0.6 is 27.3 Å². The van der Waals surface area contributed by atoms with Crippen LogP contribution in [0.5, 0.6) is 5.75 Å². The number of aliphatic hydroxyl groups excluding tert-OH is 1. The van der Waals surface area contributed by atoms with Crippen molar-refractivity contribution >= 4 is 39.1 Å². The number of nitrogens with two attached hydrogens (primary N) is 1. The topological polar surface area (TPSA) is 147 Å². The van der Waals surface area contributed by atoms with Crippen LogP contribution in [-0.2, 0) is 18.8 Å². The molecule has 0 radical (unpaired) electrons. The number of nitrogen functional groups attached to an aromatic ring is 1. The number of hydrogen-bond donors (Lipinski definition) is 3. The average molecular weight is 561 g/mol. The summed E-state index contributed by atoms with van der Waals surface area (Å²) < 4.78 is 24.5. The Labute approximate surface area is 216 Å². The zero-order valence-electron chi connectivity index (χ0n) is 20.3. The molecule has 11 nitrogen and oxygen atoms in total. The maximum Gasteiger partial charge on any atom is 0.351 e. The van der Waals surface area contributed by atoms with Crippen LogP contribution in [0, 0.1) is 0 Å². The fourth-order valence-corrected chi connectivity index (χ4v) is 6.48. The molecule has 4 N–H and O–H groups in total. The molecule has 1 aliphatic heterocycles. The van der Waals surface area contributed by atoms with Crippen LogP contribution in [0.3, 0.4) is 0 Å². The lowest BCUT2D eigenvalue weighted by atomic mass is 10.0. The molecule has 0 bridgehead atoms. The number of benzene rings is 1. The summed E-state index contributed by atoms with van der Waals surface area (Å²) in [6, 6.07) is 9.49. The SMILES string of the molecule is CC(C)OC(=O)[C@@H](C)N[P@@](=P)(OC[C@H]1O[C@@H](n2ccc(N)nc2=O)[C@](C)(Cl)[C@@H]1O)Oc1ccccc1. The molecule has 2 heterocycles. The first-order valence-electron chi connectivity index (χ1n) is 11.2. The minimum Gasteiger partial charge on any atom is -0.462 e. The van der Waals surface area contributed by atoms with Crippen molar-refractivity contribution in [2.45, 2.75) is 63.2 Å². The molecule has 0 saturated carbocycles. The van der Waals surface area contributed by atoms with E-state index in [4.69, 9.17) is 35.9 Å². The number of nitrogens with zero attached hydrogens (tertiary/aromatic N) is 2. The zero-order chi connectivity index (χ0) is 26.7. The van der Waals surface area contributed by atoms with Crippen LogP contribution in [0.2, 0.25) is 0 Å². The number of para-hydroxylation sites is 1. The van der Waals surface area contributed by atoms with E-state index in [9.17, 15) is 14.7 Å². The van der Waals surface area contributed by atoms with E-state index in [1.165, 1.54) is 12.3 Å². The van der Waals surface area contributed by atoms with Crippen LogP contribution in [0.1, 0.15) is 33.9 Å². The molecule has 0 unspecified atom stereocenters. The molecule has 36 heavy (non-hydrogen) atoms. The van der Waals surface area contributed by atoms with Gasteiger partial charge in [-0.15, -0.1) is 11.6 Å². The number of aliphatic hydroxyl groups is 1. The third-order valence-corrected chi connectivity index (χ3v) is 8.45. The number of carbonyl (C=O) groups is 1. The lowest BCUT2D eigenvalue weighted by molar-refractivity contribution is -0.149. The van der Waals surface area contributed by atoms with Crippen LogP contribution in [0.25, 0.3) is 0 Å². The van der Waals surface area contributed by atoms with Crippen LogP contribution in [-0.4, -0.2) is 56.5 Å². The second-order valence-electron chi connectivity index (χ2n) is 8.75. The van der Waals surface area contributed by atoms with Gasteiger partial charge in [-0.3, -0.25) is 9.36 Å². The molecule has 3 rings (SSSR count). The van der Waals surface area contributed by atoms with Gasteiger partial charge in [0, 0.05) is 6.20 Å². The first-order valence-corrected chi connectivity index (χ1v) is 14.6. The third kappa shape index (κ3) is 6.86. The maximum atomic E-state index is 12.4. The Hall–Kier alpha value is -1.97. The van der Waals surface area contributed by atoms with Gasteiger partial charge in [0.25, 0.3) is 7.15 Å². The molecule has 0 spiro atoms. The smallest absolute Gasteiger partial charge is 0.351 e. The molecule has 1 aromatic heterocycles. The molecule has 198 valence electrons. The second kappa shape index (κ2) is 11.6. The minimum absolute atomic E-state index is 0.0498. The molecule has 14 heteroatoms. The van der Waals surface area contributed by atoms with E-state index in [1.807, 2.05) is 6.07 Å². The van der Waals surface area contributed by atoms with Crippen molar-refractivity contribution in [2.24, 2.45) is 0 Å². The van der Waals surface area contributed by atoms with Crippen molar-refractivity contribution < 1.29 is 28.4 Å². The molecule has 1 fully saturated rings. The predicted octanol–water partition coefficient (Wildman–Crippen LogP) is 2.93. The summed E-state index contributed by atoms with van der Waals surface area (Å²) in [5.41, 5.74) is 4.90. The molecule has 1 aliphatic rings. The van der Waals surface area contributed by atoms with E-state index in [0.717, 1.165) is 4.57 Å². The van der Waals surface area contributed by atoms with Crippen molar-refractivity contribution in [3.8, 4) is 5.75 Å². The number of hydrogen-bond acceptors (Lipinski definition) is 9. The summed E-state index contributed by atoms with van der Waals surface area (Å²) in [6.07, 6.45) is -2.12. The van der Waals surface area contributed by atoms with Gasteiger partial charge < -0.3 is 29.4 Å². The Morgan fingerprint density at radius 3 is 2.64 bits per heavy atom. The summed E-state index contributed by atoms with van der Waals surface area (Å²) in [7, 11) is 0.408. The predicted molar refractivity (Wildman–Crippen MR) is 139 cm³/mol. The highest BCUT2D eigenvalue weighted by molar-refractivity contribution is 7.91. The van der Waals surface area contributed by atoms with Crippen molar-refractivity contribution in [1.29, 1.82) is 0 Å². The highest BCUT2D eigenvalue weighted by Gasteiger charge is 2.53. The summed E-state index contributed by atoms with van der Waals surface area (Å²) in [5.74, 6) is 0.0349. The quantitative estimate of drug-likeness (QED) is 0.225. The first kappa shape index (κ1) is 28.6. The Bertz CT molecular complexity index is 1160. The van der Waals surface area contributed by atoms with Gasteiger partial charge in [0.15, 0.2) is 6.23 Å². The molecule has 2 aromatic rings. The molecular formula is C22H31ClN4O7P2. The number of anilines is 1. The van der Waals surface area contributed by atoms with Gasteiger partial charge in [0.05, 0.1) is 12.7 Å². The molecular weight excluding hydrogens is 530 g/mol. The van der Waals surface area contributed by atoms with Crippen LogP contribution < -0.4 is 21.0 Å². The molecule has 1 aromatic carbocycles. The standard InChI is InChI=1S/C22H31ClN4O7P2/c1-13(2)32-19(29)14(3)26-36(35,34-15-8-6-5-7-9-15)31-12-16-18(28)22(4,23)20(33-16)27-11-10-17(24)25-21(27)30/h5-11,13-14,16,18,20,26,28,35H,12H2,1-4H3,(H2,24,25,30)/t14-,16-,18-,20-,22-,36-/m1/s1. The van der Waals surface area contributed by atoms with Gasteiger partial charge in [0.2, 0.25) is 0 Å². The number of aromatic nitrogens is 2. The van der Waals surface area contributed by atoms with Gasteiger partial charge >= 0.3 is 11.7 Å². The van der Waals surface area contributed by atoms with Crippen LogP contribution in [0.4, 0.5) is 5.82 Å². The molecule has 0 amide bonds. The van der Waals surface area contributed by atoms with E-state index in [1.54, 1.807) is 52.0 Å². The maximum absolute atomic E-state index is 12.4. The van der Waals surface area contributed by atoms with Crippen LogP contribution in [0.15, 0.2) is 47.4 Å². The third-order valence-electron chi connectivity index (χ3n) is 5.29. The van der Waals surface area contributed by atoms with Crippen molar-refractivity contribution in [1.82, 2.24) is 14.6 Å². The lowest BCUT2D eigenvalue weighted by Gasteiger charge is -2.29. The van der Waals surface area contributed by atoms with Crippen molar-refractivity contribution in [3.05, 3.63) is 53.1 Å². The number of alkyl halides is 1. The van der Waals surface area contributed by atoms with E-state index >= 15 is 0 Å². The van der Waals surface area contributed by atoms with Gasteiger partial charge in [0.1, 0.15) is 34.7 Å². The van der Waals surface area contributed by atoms with Crippen molar-refractivity contribution in [2.75, 3.05) is 12.3 Å². The Kier molecular flexibility index (Phi) is 9.22. The highest BCUT2D eigenvalue weighted by atomic mass is 35.5. The number of carbonyl (C=O) groups excluding carboxylic acids is 1. The summed E-state index contributed by atoms with van der Waals surface area (Å²) >= 11 is 6.62. The van der Waals surface area contributed by atoms with Gasteiger partial charge in [-0.1, -0.05) is 18.2 Å². The summed E-state index contributed by atoms with van der Waals surface area (Å²) in [5, 5.41) is 13.9. The van der Waals surface area contributed by atoms with Crippen molar-refractivity contribution in [3.63, 3.8) is 0 Å². The summed E-state index contributed by atoms with van der Waals surface area (Å²) in [6.45, 7) is 6.46. The molecule has 1 saturated heterocycles. The van der Waals surface area contributed by atoms with E-state index in [-0.39, 0.29) is 18.5 Å². The Morgan fingerprint density at radius 2 is 2.03 bits per heavy atom.